The van der Waals surface area contributed by atoms with Gasteiger partial charge in [-0.1, -0.05) is 18.2 Å². The van der Waals surface area contributed by atoms with Crippen molar-refractivity contribution in [1.29, 1.82) is 0 Å². The van der Waals surface area contributed by atoms with Gasteiger partial charge in [0.2, 0.25) is 0 Å². The Morgan fingerprint density at radius 1 is 1.18 bits per heavy atom. The van der Waals surface area contributed by atoms with Crippen LogP contribution in [0.25, 0.3) is 5.69 Å². The number of nitrogens with one attached hydrogen (secondary N) is 1. The smallest absolute Gasteiger partial charge is 0.295 e. The van der Waals surface area contributed by atoms with Gasteiger partial charge in [-0.15, -0.1) is 11.8 Å². The molecule has 144 valence electrons. The third-order valence-corrected chi connectivity index (χ3v) is 5.16. The van der Waals surface area contributed by atoms with Gasteiger partial charge < -0.3 is 5.32 Å². The third kappa shape index (κ3) is 3.44. The molecule has 1 amide bonds. The van der Waals surface area contributed by atoms with Crippen molar-refractivity contribution in [1.82, 2.24) is 9.36 Å². The molecule has 8 nitrogen and oxygen atoms in total. The number of nitrogens with zero attached hydrogens (tertiary/aromatic N) is 3. The molecule has 0 unspecified atom stereocenters. The van der Waals surface area contributed by atoms with Crippen LogP contribution in [0.5, 0.6) is 0 Å². The number of thioether (sulfide) groups is 1. The molecule has 0 bridgehead atoms. The van der Waals surface area contributed by atoms with E-state index in [1.807, 2.05) is 12.3 Å². The van der Waals surface area contributed by atoms with Crippen molar-refractivity contribution in [3.63, 3.8) is 0 Å². The van der Waals surface area contributed by atoms with Crippen LogP contribution in [0.4, 0.5) is 11.4 Å². The van der Waals surface area contributed by atoms with Gasteiger partial charge in [0.05, 0.1) is 16.3 Å². The van der Waals surface area contributed by atoms with E-state index in [1.54, 1.807) is 49.0 Å². The first-order valence-corrected chi connectivity index (χ1v) is 9.55. The number of rotatable bonds is 5. The van der Waals surface area contributed by atoms with Crippen LogP contribution < -0.4 is 10.9 Å². The van der Waals surface area contributed by atoms with E-state index in [0.717, 1.165) is 0 Å². The highest BCUT2D eigenvalue weighted by molar-refractivity contribution is 7.98. The molecule has 9 heteroatoms. The zero-order valence-corrected chi connectivity index (χ0v) is 16.3. The van der Waals surface area contributed by atoms with Gasteiger partial charge in [-0.2, -0.15) is 0 Å². The molecule has 0 fully saturated rings. The number of nitro benzene ring substituents is 1. The van der Waals surface area contributed by atoms with Crippen LogP contribution in [-0.2, 0) is 7.05 Å². The second-order valence-corrected chi connectivity index (χ2v) is 6.91. The summed E-state index contributed by atoms with van der Waals surface area (Å²) in [5.74, 6) is -0.700. The molecule has 0 radical (unpaired) electrons. The van der Waals surface area contributed by atoms with Crippen molar-refractivity contribution in [2.75, 3.05) is 11.6 Å². The summed E-state index contributed by atoms with van der Waals surface area (Å²) < 4.78 is 3.05. The number of carbonyl (C=O) groups excluding carboxylic acids is 1. The highest BCUT2D eigenvalue weighted by atomic mass is 32.2. The van der Waals surface area contributed by atoms with Gasteiger partial charge in [-0.25, -0.2) is 4.68 Å². The Hall–Kier alpha value is -3.33. The zero-order valence-electron chi connectivity index (χ0n) is 15.5. The van der Waals surface area contributed by atoms with E-state index in [1.165, 1.54) is 28.6 Å². The Morgan fingerprint density at radius 3 is 2.46 bits per heavy atom. The number of carbonyl (C=O) groups is 1. The van der Waals surface area contributed by atoms with Gasteiger partial charge in [-0.3, -0.25) is 24.4 Å². The molecule has 0 aliphatic rings. The number of amides is 1. The lowest BCUT2D eigenvalue weighted by atomic mass is 10.1. The quantitative estimate of drug-likeness (QED) is 0.404. The van der Waals surface area contributed by atoms with Crippen LogP contribution in [0.2, 0.25) is 0 Å². The van der Waals surface area contributed by atoms with E-state index in [0.29, 0.717) is 16.3 Å². The molecule has 1 aromatic heterocycles. The van der Waals surface area contributed by atoms with Crippen molar-refractivity contribution in [2.24, 2.45) is 7.05 Å². The summed E-state index contributed by atoms with van der Waals surface area (Å²) in [5, 5.41) is 13.9. The van der Waals surface area contributed by atoms with Gasteiger partial charge in [0, 0.05) is 18.0 Å². The van der Waals surface area contributed by atoms with Crippen LogP contribution in [0.15, 0.2) is 58.2 Å². The first-order valence-electron chi connectivity index (χ1n) is 8.33. The van der Waals surface area contributed by atoms with Gasteiger partial charge in [0.25, 0.3) is 17.2 Å². The summed E-state index contributed by atoms with van der Waals surface area (Å²) >= 11 is 1.36. The molecule has 0 aliphatic carbocycles. The topological polar surface area (TPSA) is 99.2 Å². The molecule has 3 aromatic rings. The summed E-state index contributed by atoms with van der Waals surface area (Å²) in [4.78, 5) is 37.1. The molecule has 2 aromatic carbocycles. The van der Waals surface area contributed by atoms with Crippen LogP contribution in [0.1, 0.15) is 16.1 Å². The predicted molar refractivity (Wildman–Crippen MR) is 109 cm³/mol. The average Bonchev–Trinajstić information content (AvgIpc) is 2.91. The molecule has 0 spiro atoms. The lowest BCUT2D eigenvalue weighted by molar-refractivity contribution is -0.385. The van der Waals surface area contributed by atoms with Gasteiger partial charge in [-0.05, 0) is 37.4 Å². The third-order valence-electron chi connectivity index (χ3n) is 4.44. The zero-order chi connectivity index (χ0) is 20.4. The summed E-state index contributed by atoms with van der Waals surface area (Å²) in [5.41, 5.74) is 0.446. The van der Waals surface area contributed by atoms with Crippen molar-refractivity contribution >= 4 is 29.0 Å². The van der Waals surface area contributed by atoms with Crippen LogP contribution in [-0.4, -0.2) is 26.4 Å². The number of aromatic nitrogens is 2. The normalized spacial score (nSPS) is 10.7. The fourth-order valence-electron chi connectivity index (χ4n) is 2.88. The van der Waals surface area contributed by atoms with E-state index < -0.39 is 16.4 Å². The Labute approximate surface area is 164 Å². The number of para-hydroxylation sites is 1. The van der Waals surface area contributed by atoms with Crippen molar-refractivity contribution < 1.29 is 9.72 Å². The number of hydrogen-bond acceptors (Lipinski definition) is 5. The summed E-state index contributed by atoms with van der Waals surface area (Å²) in [6.45, 7) is 1.70. The fourth-order valence-corrected chi connectivity index (χ4v) is 3.32. The van der Waals surface area contributed by atoms with E-state index in [4.69, 9.17) is 0 Å². The maximum Gasteiger partial charge on any atom is 0.295 e. The molecule has 0 saturated carbocycles. The van der Waals surface area contributed by atoms with Crippen LogP contribution in [0, 0.1) is 17.0 Å². The maximum absolute atomic E-state index is 12.9. The van der Waals surface area contributed by atoms with E-state index >= 15 is 0 Å². The minimum absolute atomic E-state index is 0.0835. The molecule has 0 atom stereocenters. The Kier molecular flexibility index (Phi) is 5.36. The van der Waals surface area contributed by atoms with Crippen molar-refractivity contribution in [3.05, 3.63) is 80.3 Å². The molecule has 1 heterocycles. The molecule has 1 N–H and O–H groups in total. The van der Waals surface area contributed by atoms with Gasteiger partial charge in [0.15, 0.2) is 0 Å². The Balaban J connectivity index is 2.05. The highest BCUT2D eigenvalue weighted by Crippen LogP contribution is 2.26. The highest BCUT2D eigenvalue weighted by Gasteiger charge is 2.24. The number of hydrogen-bond donors (Lipinski definition) is 1. The molecule has 0 aliphatic heterocycles. The molecule has 0 saturated heterocycles. The monoisotopic (exact) mass is 398 g/mol. The first kappa shape index (κ1) is 19.4. The summed E-state index contributed by atoms with van der Waals surface area (Å²) in [6.07, 6.45) is 1.81. The molecular weight excluding hydrogens is 380 g/mol. The SMILES string of the molecule is CSc1ccc([N+](=O)[O-])c(C(=O)Nc2c(C)n(C)n(-c3ccccc3)c2=O)c1. The first-order chi connectivity index (χ1) is 13.3. The largest absolute Gasteiger partial charge is 0.316 e. The minimum atomic E-state index is -0.700. The standard InChI is InChI=1S/C19H18N4O4S/c1-12-17(19(25)22(21(12)2)13-7-5-4-6-8-13)20-18(24)15-11-14(28-3)9-10-16(15)23(26)27/h4-11H,1-3H3,(H,20,24). The minimum Gasteiger partial charge on any atom is -0.316 e. The van der Waals surface area contributed by atoms with Gasteiger partial charge >= 0.3 is 0 Å². The fraction of sp³-hybridized carbons (Fsp3) is 0.158. The number of benzene rings is 2. The second kappa shape index (κ2) is 7.73. The molecular formula is C19H18N4O4S. The molecule has 3 rings (SSSR count). The second-order valence-electron chi connectivity index (χ2n) is 6.03. The van der Waals surface area contributed by atoms with E-state index in [2.05, 4.69) is 5.32 Å². The predicted octanol–water partition coefficient (Wildman–Crippen LogP) is 3.37. The average molecular weight is 398 g/mol. The van der Waals surface area contributed by atoms with Gasteiger partial charge in [0.1, 0.15) is 11.3 Å². The Morgan fingerprint density at radius 2 is 1.86 bits per heavy atom. The maximum atomic E-state index is 12.9. The van der Waals surface area contributed by atoms with Crippen LogP contribution in [0.3, 0.4) is 0 Å². The van der Waals surface area contributed by atoms with Crippen molar-refractivity contribution in [2.45, 2.75) is 11.8 Å². The summed E-state index contributed by atoms with van der Waals surface area (Å²) in [7, 11) is 1.70. The lowest BCUT2D eigenvalue weighted by Crippen LogP contribution is -2.23. The number of nitro groups is 1. The van der Waals surface area contributed by atoms with E-state index in [-0.39, 0.29) is 16.9 Å². The van der Waals surface area contributed by atoms with Crippen LogP contribution >= 0.6 is 11.8 Å². The lowest BCUT2D eigenvalue weighted by Gasteiger charge is -2.07. The van der Waals surface area contributed by atoms with Crippen molar-refractivity contribution in [3.8, 4) is 5.69 Å². The summed E-state index contributed by atoms with van der Waals surface area (Å²) in [6, 6.07) is 13.3. The number of anilines is 1. The Bertz CT molecular complexity index is 1120. The molecule has 28 heavy (non-hydrogen) atoms. The van der Waals surface area contributed by atoms with E-state index in [9.17, 15) is 19.7 Å².